The second-order valence-corrected chi connectivity index (χ2v) is 9.81. The number of ether oxygens (including phenoxy) is 2. The van der Waals surface area contributed by atoms with Gasteiger partial charge in [-0.1, -0.05) is 0 Å². The van der Waals surface area contributed by atoms with E-state index >= 15 is 0 Å². The van der Waals surface area contributed by atoms with E-state index in [9.17, 15) is 0 Å². The third-order valence-corrected chi connectivity index (χ3v) is 7.34. The number of likely N-dealkylation sites (tertiary alicyclic amines) is 1. The van der Waals surface area contributed by atoms with Crippen LogP contribution in [0.25, 0.3) is 10.2 Å². The van der Waals surface area contributed by atoms with Crippen LogP contribution in [-0.2, 0) is 16.0 Å². The molecule has 0 aromatic carbocycles. The van der Waals surface area contributed by atoms with Gasteiger partial charge in [0.25, 0.3) is 0 Å². The van der Waals surface area contributed by atoms with Crippen LogP contribution in [-0.4, -0.2) is 114 Å². The Balaban J connectivity index is 1.29. The topological polar surface area (TPSA) is 54.0 Å². The number of thiophene rings is 1. The summed E-state index contributed by atoms with van der Waals surface area (Å²) in [5.41, 5.74) is 1.11. The van der Waals surface area contributed by atoms with Gasteiger partial charge in [-0.3, -0.25) is 0 Å². The van der Waals surface area contributed by atoms with Crippen LogP contribution in [0.1, 0.15) is 4.88 Å². The fraction of sp³-hybridized carbons (Fsp3) is 0.667. The Labute approximate surface area is 176 Å². The Hall–Kier alpha value is -0.521. The third kappa shape index (κ3) is 3.97. The molecule has 0 aliphatic carbocycles. The minimum atomic E-state index is 0.707. The first-order valence-electron chi connectivity index (χ1n) is 9.65. The van der Waals surface area contributed by atoms with Crippen LogP contribution in [0.5, 0.6) is 0 Å². The molecular weight excluding hydrogens is 469 g/mol. The van der Waals surface area contributed by atoms with E-state index in [4.69, 9.17) is 19.4 Å². The molecule has 3 fully saturated rings. The Morgan fingerprint density at radius 1 is 1.04 bits per heavy atom. The summed E-state index contributed by atoms with van der Waals surface area (Å²) in [5.74, 6) is 1.11. The summed E-state index contributed by atoms with van der Waals surface area (Å²) < 4.78 is 13.2. The van der Waals surface area contributed by atoms with Crippen molar-refractivity contribution < 1.29 is 9.47 Å². The summed E-state index contributed by atoms with van der Waals surface area (Å²) in [6.07, 6.45) is 0. The average molecular weight is 493 g/mol. The molecule has 3 saturated heterocycles. The monoisotopic (exact) mass is 494 g/mol. The van der Waals surface area contributed by atoms with Crippen molar-refractivity contribution in [3.63, 3.8) is 0 Å². The van der Waals surface area contributed by atoms with Gasteiger partial charge in [0.05, 0.1) is 0 Å². The normalized spacial score (nSPS) is 23.1. The van der Waals surface area contributed by atoms with Crippen molar-refractivity contribution in [2.45, 2.75) is 12.6 Å². The zero-order valence-corrected chi connectivity index (χ0v) is 19.1. The molecule has 0 saturated carbocycles. The summed E-state index contributed by atoms with van der Waals surface area (Å²) in [6, 6.07) is 2.99. The van der Waals surface area contributed by atoms with E-state index in [2.05, 4.69) is 20.8 Å². The Bertz CT molecular complexity index is 800. The van der Waals surface area contributed by atoms with E-state index in [0.717, 1.165) is 74.3 Å². The van der Waals surface area contributed by atoms with Gasteiger partial charge in [0.15, 0.2) is 0 Å². The fourth-order valence-electron chi connectivity index (χ4n) is 4.10. The van der Waals surface area contributed by atoms with Crippen LogP contribution in [0.2, 0.25) is 0 Å². The van der Waals surface area contributed by atoms with E-state index in [1.54, 1.807) is 0 Å². The quantitative estimate of drug-likeness (QED) is 0.549. The molecule has 7 nitrogen and oxygen atoms in total. The van der Waals surface area contributed by atoms with Crippen LogP contribution in [0.15, 0.2) is 6.07 Å². The number of rotatable bonds is 4. The molecule has 0 atom stereocenters. The van der Waals surface area contributed by atoms with Gasteiger partial charge < -0.3 is 4.74 Å². The van der Waals surface area contributed by atoms with Gasteiger partial charge in [0.1, 0.15) is 0 Å². The first-order chi connectivity index (χ1) is 13.3. The molecule has 0 amide bonds. The van der Waals surface area contributed by atoms with Gasteiger partial charge in [-0.2, -0.15) is 0 Å². The van der Waals surface area contributed by atoms with Gasteiger partial charge in [-0.15, -0.1) is 0 Å². The molecule has 2 aromatic heterocycles. The van der Waals surface area contributed by atoms with Crippen molar-refractivity contribution in [2.75, 3.05) is 70.6 Å². The average Bonchev–Trinajstić information content (AvgIpc) is 3.07. The molecule has 0 spiro atoms. The first kappa shape index (κ1) is 18.5. The molecule has 0 unspecified atom stereocenters. The van der Waals surface area contributed by atoms with Gasteiger partial charge in [0.2, 0.25) is 0 Å². The molecule has 3 aliphatic heterocycles. The number of morpholine rings is 2. The molecule has 143 valence electrons. The number of fused-ring (bicyclic) bond motifs is 1. The van der Waals surface area contributed by atoms with Crippen LogP contribution in [0, 0.1) is 0 Å². The maximum atomic E-state index is 5.51. The van der Waals surface area contributed by atoms with Crippen molar-refractivity contribution in [3.8, 4) is 0 Å². The van der Waals surface area contributed by atoms with E-state index in [0.29, 0.717) is 6.04 Å². The van der Waals surface area contributed by atoms with Crippen molar-refractivity contribution >= 4 is 53.7 Å². The molecular formula is C18H24N5O2SSn. The molecule has 5 rings (SSSR count). The van der Waals surface area contributed by atoms with Crippen molar-refractivity contribution in [1.29, 1.82) is 0 Å². The van der Waals surface area contributed by atoms with Crippen LogP contribution >= 0.6 is 11.3 Å². The predicted molar refractivity (Wildman–Crippen MR) is 107 cm³/mol. The summed E-state index contributed by atoms with van der Waals surface area (Å²) in [6.45, 7) is 10.7. The summed E-state index contributed by atoms with van der Waals surface area (Å²) in [4.78, 5) is 18.4. The van der Waals surface area contributed by atoms with Gasteiger partial charge in [0, 0.05) is 0 Å². The number of aromatic nitrogens is 2. The van der Waals surface area contributed by atoms with Crippen molar-refractivity contribution in [1.82, 2.24) is 19.8 Å². The van der Waals surface area contributed by atoms with Crippen molar-refractivity contribution in [3.05, 3.63) is 10.9 Å². The summed E-state index contributed by atoms with van der Waals surface area (Å²) >= 11 is 3.14. The predicted octanol–water partition coefficient (Wildman–Crippen LogP) is -0.162. The summed E-state index contributed by atoms with van der Waals surface area (Å²) in [7, 11) is 0. The number of hydrogen-bond donors (Lipinski definition) is 0. The Morgan fingerprint density at radius 2 is 1.74 bits per heavy atom. The molecule has 2 aromatic rings. The second-order valence-electron chi connectivity index (χ2n) is 7.39. The Morgan fingerprint density at radius 3 is 2.48 bits per heavy atom. The second kappa shape index (κ2) is 8.08. The van der Waals surface area contributed by atoms with E-state index in [-0.39, 0.29) is 0 Å². The number of nitrogens with zero attached hydrogens (tertiary/aromatic N) is 5. The molecule has 3 aliphatic rings. The fourth-order valence-corrected chi connectivity index (χ4v) is 5.90. The van der Waals surface area contributed by atoms with E-state index in [1.165, 1.54) is 45.2 Å². The third-order valence-electron chi connectivity index (χ3n) is 5.59. The zero-order valence-electron chi connectivity index (χ0n) is 15.4. The molecule has 0 bridgehead atoms. The molecule has 0 N–H and O–H groups in total. The summed E-state index contributed by atoms with van der Waals surface area (Å²) in [5, 5.41) is 0. The SMILES string of the molecule is [Sn][c]1nc(N2CCOCC2)c2sc(CN3CC(N4CCOCC4)C3)cc2n1. The van der Waals surface area contributed by atoms with Crippen LogP contribution in [0.3, 0.4) is 0 Å². The minimum absolute atomic E-state index is 0.707. The number of anilines is 1. The maximum absolute atomic E-state index is 5.51. The molecule has 9 heteroatoms. The van der Waals surface area contributed by atoms with Crippen molar-refractivity contribution in [2.24, 2.45) is 0 Å². The van der Waals surface area contributed by atoms with E-state index in [1.807, 2.05) is 11.3 Å². The van der Waals surface area contributed by atoms with Gasteiger partial charge in [-0.25, -0.2) is 0 Å². The number of hydrogen-bond acceptors (Lipinski definition) is 8. The van der Waals surface area contributed by atoms with Gasteiger partial charge in [-0.05, 0) is 0 Å². The zero-order chi connectivity index (χ0) is 18.2. The standard InChI is InChI=1S/C18H24N5O2S.Sn/c1-5-24-6-2-22(1)14-10-21(11-14)12-15-9-16-17(26-15)18(20-13-19-16)23-3-7-25-8-4-23;/h9,14H,1-8,10-12H2;. The Kier molecular flexibility index (Phi) is 5.53. The molecule has 5 heterocycles. The first-order valence-corrected chi connectivity index (χ1v) is 11.9. The molecule has 3 radical (unpaired) electrons. The van der Waals surface area contributed by atoms with Crippen LogP contribution in [0.4, 0.5) is 5.82 Å². The van der Waals surface area contributed by atoms with Crippen LogP contribution < -0.4 is 8.74 Å². The van der Waals surface area contributed by atoms with E-state index < -0.39 is 0 Å². The molecule has 27 heavy (non-hydrogen) atoms. The van der Waals surface area contributed by atoms with Gasteiger partial charge >= 0.3 is 172 Å².